The standard InChI is InChI=1S/C25H23F3N2O5/c1-14(15-3-7-17(33-2)8-4-15)30-13-24-12-11-19(35-24)20(21(24)23(30)32)22(31)29-16-5-9-18(10-6-16)34-25(26,27)28/h3-12,14,19-21H,13H2,1-2H3,(H,29,31)/t14?,19-,20?,21?,24-/m1/s1. The van der Waals surface area contributed by atoms with Crippen molar-refractivity contribution in [2.75, 3.05) is 19.0 Å². The number of benzene rings is 2. The molecule has 7 nitrogen and oxygen atoms in total. The number of amides is 2. The molecule has 5 rings (SSSR count). The van der Waals surface area contributed by atoms with Gasteiger partial charge in [-0.3, -0.25) is 9.59 Å². The van der Waals surface area contributed by atoms with Crippen molar-refractivity contribution in [1.29, 1.82) is 0 Å². The van der Waals surface area contributed by atoms with Crippen molar-refractivity contribution in [2.45, 2.75) is 31.0 Å². The zero-order valence-electron chi connectivity index (χ0n) is 18.9. The Labute approximate surface area is 199 Å². The van der Waals surface area contributed by atoms with E-state index in [0.29, 0.717) is 18.0 Å². The highest BCUT2D eigenvalue weighted by atomic mass is 19.4. The molecule has 2 saturated heterocycles. The molecule has 10 heteroatoms. The predicted octanol–water partition coefficient (Wildman–Crippen LogP) is 4.08. The second-order valence-electron chi connectivity index (χ2n) is 8.88. The van der Waals surface area contributed by atoms with Gasteiger partial charge in [0.05, 0.1) is 37.6 Å². The average Bonchev–Trinajstić information content (AvgIpc) is 3.47. The molecule has 5 atom stereocenters. The highest BCUT2D eigenvalue weighted by molar-refractivity contribution is 5.99. The van der Waals surface area contributed by atoms with Crippen LogP contribution in [0.1, 0.15) is 18.5 Å². The first kappa shape index (κ1) is 23.2. The van der Waals surface area contributed by atoms with Crippen LogP contribution in [0.2, 0.25) is 0 Å². The molecule has 3 heterocycles. The zero-order chi connectivity index (χ0) is 25.0. The van der Waals surface area contributed by atoms with Gasteiger partial charge in [0.15, 0.2) is 0 Å². The fourth-order valence-electron chi connectivity index (χ4n) is 5.18. The zero-order valence-corrected chi connectivity index (χ0v) is 18.9. The van der Waals surface area contributed by atoms with E-state index in [-0.39, 0.29) is 11.9 Å². The van der Waals surface area contributed by atoms with Crippen molar-refractivity contribution in [1.82, 2.24) is 4.90 Å². The van der Waals surface area contributed by atoms with E-state index in [1.807, 2.05) is 37.3 Å². The number of alkyl halides is 3. The number of nitrogens with one attached hydrogen (secondary N) is 1. The van der Waals surface area contributed by atoms with Gasteiger partial charge in [0.25, 0.3) is 0 Å². The number of nitrogens with zero attached hydrogens (tertiary/aromatic N) is 1. The number of anilines is 1. The molecule has 2 bridgehead atoms. The van der Waals surface area contributed by atoms with Crippen LogP contribution in [0.15, 0.2) is 60.7 Å². The molecule has 35 heavy (non-hydrogen) atoms. The molecule has 3 aliphatic rings. The Morgan fingerprint density at radius 1 is 1.14 bits per heavy atom. The van der Waals surface area contributed by atoms with Gasteiger partial charge in [0.2, 0.25) is 11.8 Å². The van der Waals surface area contributed by atoms with Crippen LogP contribution in [0.4, 0.5) is 18.9 Å². The number of carbonyl (C=O) groups is 2. The number of fused-ring (bicyclic) bond motifs is 1. The lowest BCUT2D eigenvalue weighted by molar-refractivity contribution is -0.274. The molecule has 0 radical (unpaired) electrons. The summed E-state index contributed by atoms with van der Waals surface area (Å²) >= 11 is 0. The largest absolute Gasteiger partial charge is 0.573 e. The highest BCUT2D eigenvalue weighted by Crippen LogP contribution is 2.53. The first-order valence-electron chi connectivity index (χ1n) is 11.1. The van der Waals surface area contributed by atoms with Crippen molar-refractivity contribution in [3.05, 3.63) is 66.2 Å². The maximum absolute atomic E-state index is 13.5. The van der Waals surface area contributed by atoms with Crippen LogP contribution in [0.3, 0.4) is 0 Å². The van der Waals surface area contributed by atoms with Crippen LogP contribution >= 0.6 is 0 Å². The Hall–Kier alpha value is -3.53. The molecular weight excluding hydrogens is 465 g/mol. The van der Waals surface area contributed by atoms with Gasteiger partial charge in [-0.2, -0.15) is 0 Å². The van der Waals surface area contributed by atoms with Crippen LogP contribution in [-0.2, 0) is 14.3 Å². The topological polar surface area (TPSA) is 77.1 Å². The molecule has 184 valence electrons. The summed E-state index contributed by atoms with van der Waals surface area (Å²) in [7, 11) is 1.58. The van der Waals surface area contributed by atoms with Crippen molar-refractivity contribution >= 4 is 17.5 Å². The Morgan fingerprint density at radius 3 is 2.43 bits per heavy atom. The lowest BCUT2D eigenvalue weighted by atomic mass is 9.76. The van der Waals surface area contributed by atoms with E-state index in [1.54, 1.807) is 18.1 Å². The van der Waals surface area contributed by atoms with E-state index in [9.17, 15) is 22.8 Å². The van der Waals surface area contributed by atoms with Gasteiger partial charge in [-0.1, -0.05) is 24.3 Å². The molecule has 1 spiro atoms. The molecule has 0 aromatic heterocycles. The highest BCUT2D eigenvalue weighted by Gasteiger charge is 2.67. The number of halogens is 3. The number of hydrogen-bond donors (Lipinski definition) is 1. The summed E-state index contributed by atoms with van der Waals surface area (Å²) in [6, 6.07) is 12.1. The fourth-order valence-corrected chi connectivity index (χ4v) is 5.18. The predicted molar refractivity (Wildman–Crippen MR) is 119 cm³/mol. The molecule has 1 N–H and O–H groups in total. The summed E-state index contributed by atoms with van der Waals surface area (Å²) in [6.45, 7) is 2.25. The third-order valence-corrected chi connectivity index (χ3v) is 6.85. The van der Waals surface area contributed by atoms with Crippen LogP contribution in [0.5, 0.6) is 11.5 Å². The first-order chi connectivity index (χ1) is 16.6. The molecule has 2 aromatic rings. The summed E-state index contributed by atoms with van der Waals surface area (Å²) < 4.78 is 52.4. The lowest BCUT2D eigenvalue weighted by Crippen LogP contribution is -2.41. The van der Waals surface area contributed by atoms with Gasteiger partial charge >= 0.3 is 6.36 Å². The van der Waals surface area contributed by atoms with E-state index in [2.05, 4.69) is 10.1 Å². The number of ether oxygens (including phenoxy) is 3. The molecular formula is C25H23F3N2O5. The van der Waals surface area contributed by atoms with Gasteiger partial charge in [-0.05, 0) is 48.9 Å². The first-order valence-corrected chi connectivity index (χ1v) is 11.1. The van der Waals surface area contributed by atoms with Gasteiger partial charge in [0.1, 0.15) is 17.1 Å². The van der Waals surface area contributed by atoms with E-state index in [1.165, 1.54) is 12.1 Å². The molecule has 0 aliphatic carbocycles. The minimum Gasteiger partial charge on any atom is -0.497 e. The molecule has 0 saturated carbocycles. The third kappa shape index (κ3) is 4.12. The molecule has 3 unspecified atom stereocenters. The second kappa shape index (κ2) is 8.30. The Balaban J connectivity index is 1.32. The van der Waals surface area contributed by atoms with Crippen molar-refractivity contribution in [3.63, 3.8) is 0 Å². The summed E-state index contributed by atoms with van der Waals surface area (Å²) in [5.41, 5.74) is 0.338. The lowest BCUT2D eigenvalue weighted by Gasteiger charge is -2.28. The van der Waals surface area contributed by atoms with Crippen molar-refractivity contribution in [3.8, 4) is 11.5 Å². The number of likely N-dealkylation sites (tertiary alicyclic amines) is 1. The summed E-state index contributed by atoms with van der Waals surface area (Å²) in [6.07, 6.45) is -1.68. The van der Waals surface area contributed by atoms with E-state index in [0.717, 1.165) is 17.7 Å². The number of methoxy groups -OCH3 is 1. The molecule has 2 aromatic carbocycles. The Bertz CT molecular complexity index is 1170. The number of carbonyl (C=O) groups excluding carboxylic acids is 2. The van der Waals surface area contributed by atoms with Crippen LogP contribution in [-0.4, -0.2) is 48.4 Å². The van der Waals surface area contributed by atoms with Crippen molar-refractivity contribution in [2.24, 2.45) is 11.8 Å². The van der Waals surface area contributed by atoms with Crippen LogP contribution < -0.4 is 14.8 Å². The van der Waals surface area contributed by atoms with Crippen LogP contribution in [0.25, 0.3) is 0 Å². The van der Waals surface area contributed by atoms with Gasteiger partial charge in [-0.25, -0.2) is 0 Å². The van der Waals surface area contributed by atoms with Gasteiger partial charge in [-0.15, -0.1) is 13.2 Å². The summed E-state index contributed by atoms with van der Waals surface area (Å²) in [4.78, 5) is 28.5. The maximum Gasteiger partial charge on any atom is 0.573 e. The minimum absolute atomic E-state index is 0.172. The maximum atomic E-state index is 13.5. The molecule has 2 fully saturated rings. The number of hydrogen-bond acceptors (Lipinski definition) is 5. The quantitative estimate of drug-likeness (QED) is 0.621. The van der Waals surface area contributed by atoms with E-state index in [4.69, 9.17) is 9.47 Å². The van der Waals surface area contributed by atoms with E-state index < -0.39 is 41.6 Å². The summed E-state index contributed by atoms with van der Waals surface area (Å²) in [5.74, 6) is -1.73. The molecule has 3 aliphatic heterocycles. The smallest absolute Gasteiger partial charge is 0.497 e. The minimum atomic E-state index is -4.80. The fraction of sp³-hybridized carbons (Fsp3) is 0.360. The van der Waals surface area contributed by atoms with Crippen LogP contribution in [0, 0.1) is 11.8 Å². The monoisotopic (exact) mass is 488 g/mol. The Kier molecular flexibility index (Phi) is 5.51. The number of rotatable bonds is 6. The van der Waals surface area contributed by atoms with Gasteiger partial charge in [0, 0.05) is 5.69 Å². The average molecular weight is 488 g/mol. The second-order valence-corrected chi connectivity index (χ2v) is 8.88. The van der Waals surface area contributed by atoms with Crippen molar-refractivity contribution < 1.29 is 37.0 Å². The SMILES string of the molecule is COc1ccc(C(C)N2C[C@@]34C=C[C@@H](O3)C(C(=O)Nc3ccc(OC(F)(F)F)cc3)C4C2=O)cc1. The Morgan fingerprint density at radius 2 is 1.80 bits per heavy atom. The van der Waals surface area contributed by atoms with Gasteiger partial charge < -0.3 is 24.4 Å². The summed E-state index contributed by atoms with van der Waals surface area (Å²) in [5, 5.41) is 2.70. The van der Waals surface area contributed by atoms with E-state index >= 15 is 0 Å². The normalized spacial score (nSPS) is 27.6. The third-order valence-electron chi connectivity index (χ3n) is 6.85. The molecule has 2 amide bonds.